The molecule has 0 spiro atoms. The van der Waals surface area contributed by atoms with Gasteiger partial charge in [-0.15, -0.1) is 0 Å². The number of hydrogen-bond donors (Lipinski definition) is 1. The van der Waals surface area contributed by atoms with Gasteiger partial charge in [0.15, 0.2) is 9.84 Å². The number of hydrogen-bond acceptors (Lipinski definition) is 9. The molecule has 1 N–H and O–H groups in total. The lowest BCUT2D eigenvalue weighted by atomic mass is 9.92. The molecule has 0 atom stereocenters. The molecule has 0 saturated carbocycles. The Labute approximate surface area is 191 Å². The van der Waals surface area contributed by atoms with E-state index in [0.717, 1.165) is 31.2 Å². The number of anilines is 3. The molecule has 3 heterocycles. The van der Waals surface area contributed by atoms with Crippen LogP contribution in [-0.4, -0.2) is 47.6 Å². The highest BCUT2D eigenvalue weighted by Crippen LogP contribution is 2.31. The molecule has 10 nitrogen and oxygen atoms in total. The number of nitrogens with one attached hydrogen (secondary N) is 1. The van der Waals surface area contributed by atoms with E-state index in [9.17, 15) is 18.5 Å². The van der Waals surface area contributed by atoms with Gasteiger partial charge in [0.1, 0.15) is 6.20 Å². The average Bonchev–Trinajstić information content (AvgIpc) is 2.80. The van der Waals surface area contributed by atoms with Crippen LogP contribution in [0.4, 0.5) is 23.1 Å². The molecule has 1 fully saturated rings. The summed E-state index contributed by atoms with van der Waals surface area (Å²) in [5.41, 5.74) is 1.49. The Morgan fingerprint density at radius 1 is 1.12 bits per heavy atom. The Morgan fingerprint density at radius 2 is 1.85 bits per heavy atom. The highest BCUT2D eigenvalue weighted by atomic mass is 32.2. The number of piperidine rings is 1. The number of pyridine rings is 1. The van der Waals surface area contributed by atoms with E-state index >= 15 is 0 Å². The topological polar surface area (TPSA) is 131 Å². The van der Waals surface area contributed by atoms with Crippen LogP contribution in [0.1, 0.15) is 18.5 Å². The first-order chi connectivity index (χ1) is 15.8. The number of aromatic nitrogens is 3. The Hall–Kier alpha value is -3.60. The lowest BCUT2D eigenvalue weighted by Gasteiger charge is -2.32. The van der Waals surface area contributed by atoms with Crippen molar-refractivity contribution in [2.45, 2.75) is 24.2 Å². The molecule has 4 rings (SSSR count). The summed E-state index contributed by atoms with van der Waals surface area (Å²) in [6, 6.07) is 12.1. The molecule has 1 aromatic carbocycles. The van der Waals surface area contributed by atoms with E-state index in [2.05, 4.69) is 20.3 Å². The molecule has 0 amide bonds. The number of sulfone groups is 1. The molecular weight excluding hydrogens is 444 g/mol. The maximum atomic E-state index is 11.6. The van der Waals surface area contributed by atoms with E-state index < -0.39 is 14.8 Å². The van der Waals surface area contributed by atoms with Crippen molar-refractivity contribution in [2.24, 2.45) is 5.92 Å². The van der Waals surface area contributed by atoms with E-state index in [1.54, 1.807) is 18.3 Å². The Morgan fingerprint density at radius 3 is 2.45 bits per heavy atom. The first-order valence-electron chi connectivity index (χ1n) is 10.5. The molecule has 2 aromatic heterocycles. The lowest BCUT2D eigenvalue weighted by molar-refractivity contribution is -0.384. The van der Waals surface area contributed by atoms with Crippen LogP contribution in [0, 0.1) is 16.0 Å². The zero-order valence-electron chi connectivity index (χ0n) is 18.1. The second-order valence-corrected chi connectivity index (χ2v) is 10.1. The van der Waals surface area contributed by atoms with E-state index in [1.165, 1.54) is 18.3 Å². The summed E-state index contributed by atoms with van der Waals surface area (Å²) in [5, 5.41) is 14.6. The van der Waals surface area contributed by atoms with Gasteiger partial charge in [-0.2, -0.15) is 4.98 Å². The number of rotatable bonds is 7. The predicted octanol–water partition coefficient (Wildman–Crippen LogP) is 3.39. The zero-order chi connectivity index (χ0) is 23.4. The van der Waals surface area contributed by atoms with Crippen LogP contribution in [0.15, 0.2) is 59.8 Å². The van der Waals surface area contributed by atoms with Crippen LogP contribution in [0.3, 0.4) is 0 Å². The monoisotopic (exact) mass is 468 g/mol. The summed E-state index contributed by atoms with van der Waals surface area (Å²) in [7, 11) is -3.30. The number of nitrogens with zero attached hydrogens (tertiary/aromatic N) is 5. The van der Waals surface area contributed by atoms with E-state index in [4.69, 9.17) is 0 Å². The normalized spacial score (nSPS) is 14.8. The van der Waals surface area contributed by atoms with Gasteiger partial charge in [0, 0.05) is 36.9 Å². The van der Waals surface area contributed by atoms with E-state index in [0.29, 0.717) is 24.7 Å². The molecule has 1 aliphatic heterocycles. The minimum Gasteiger partial charge on any atom is -0.351 e. The molecular formula is C22H24N6O4S. The van der Waals surface area contributed by atoms with Crippen LogP contribution >= 0.6 is 0 Å². The second-order valence-electron chi connectivity index (χ2n) is 8.04. The summed E-state index contributed by atoms with van der Waals surface area (Å²) in [4.78, 5) is 26.1. The third-order valence-electron chi connectivity index (χ3n) is 5.62. The Balaban J connectivity index is 1.48. The molecule has 0 aliphatic carbocycles. The van der Waals surface area contributed by atoms with E-state index in [-0.39, 0.29) is 22.3 Å². The van der Waals surface area contributed by atoms with Crippen molar-refractivity contribution in [3.05, 3.63) is 70.7 Å². The van der Waals surface area contributed by atoms with Gasteiger partial charge < -0.3 is 10.2 Å². The lowest BCUT2D eigenvalue weighted by Crippen LogP contribution is -2.35. The third kappa shape index (κ3) is 5.61. The minimum absolute atomic E-state index is 0.142. The fourth-order valence-corrected chi connectivity index (χ4v) is 4.50. The van der Waals surface area contributed by atoms with Gasteiger partial charge in [0.25, 0.3) is 0 Å². The van der Waals surface area contributed by atoms with Crippen LogP contribution in [0.2, 0.25) is 0 Å². The fraction of sp³-hybridized carbons (Fsp3) is 0.318. The van der Waals surface area contributed by atoms with Gasteiger partial charge in [-0.3, -0.25) is 15.1 Å². The van der Waals surface area contributed by atoms with Crippen molar-refractivity contribution in [1.29, 1.82) is 0 Å². The first-order valence-corrected chi connectivity index (χ1v) is 12.4. The predicted molar refractivity (Wildman–Crippen MR) is 124 cm³/mol. The quantitative estimate of drug-likeness (QED) is 0.409. The summed E-state index contributed by atoms with van der Waals surface area (Å²) < 4.78 is 23.3. The average molecular weight is 469 g/mol. The van der Waals surface area contributed by atoms with Gasteiger partial charge in [0.2, 0.25) is 11.8 Å². The van der Waals surface area contributed by atoms with Crippen molar-refractivity contribution in [3.63, 3.8) is 0 Å². The number of nitro groups is 1. The molecule has 0 bridgehead atoms. The maximum Gasteiger partial charge on any atom is 0.329 e. The Kier molecular flexibility index (Phi) is 6.50. The number of benzene rings is 1. The van der Waals surface area contributed by atoms with Crippen LogP contribution < -0.4 is 10.2 Å². The standard InChI is InChI=1S/C22H24N6O4S/c1-33(31,32)19-7-5-17(6-8-19)25-22-24-15-20(28(29)30)21(26-22)27-12-9-16(10-13-27)14-18-4-2-3-11-23-18/h2-8,11,15-16H,9-10,12-14H2,1H3,(H,24,25,26). The smallest absolute Gasteiger partial charge is 0.329 e. The van der Waals surface area contributed by atoms with Crippen molar-refractivity contribution in [3.8, 4) is 0 Å². The van der Waals surface area contributed by atoms with Gasteiger partial charge in [-0.1, -0.05) is 6.07 Å². The summed E-state index contributed by atoms with van der Waals surface area (Å²) in [5.74, 6) is 0.947. The minimum atomic E-state index is -3.30. The molecule has 0 unspecified atom stereocenters. The van der Waals surface area contributed by atoms with Crippen molar-refractivity contribution in [2.75, 3.05) is 29.6 Å². The van der Waals surface area contributed by atoms with Crippen LogP contribution in [-0.2, 0) is 16.3 Å². The molecule has 0 radical (unpaired) electrons. The largest absolute Gasteiger partial charge is 0.351 e. The summed E-state index contributed by atoms with van der Waals surface area (Å²) in [6.45, 7) is 1.30. The highest BCUT2D eigenvalue weighted by molar-refractivity contribution is 7.90. The SMILES string of the molecule is CS(=O)(=O)c1ccc(Nc2ncc([N+](=O)[O-])c(N3CCC(Cc4ccccn4)CC3)n2)cc1. The summed E-state index contributed by atoms with van der Waals surface area (Å²) >= 11 is 0. The molecule has 11 heteroatoms. The molecule has 3 aromatic rings. The second kappa shape index (κ2) is 9.49. The first kappa shape index (κ1) is 22.6. The Bertz CT molecular complexity index is 1230. The highest BCUT2D eigenvalue weighted by Gasteiger charge is 2.27. The maximum absolute atomic E-state index is 11.6. The third-order valence-corrected chi connectivity index (χ3v) is 6.75. The molecule has 33 heavy (non-hydrogen) atoms. The summed E-state index contributed by atoms with van der Waals surface area (Å²) in [6.07, 6.45) is 6.78. The van der Waals surface area contributed by atoms with Gasteiger partial charge in [0.05, 0.1) is 9.82 Å². The van der Waals surface area contributed by atoms with Gasteiger partial charge >= 0.3 is 5.69 Å². The van der Waals surface area contributed by atoms with Crippen molar-refractivity contribution < 1.29 is 13.3 Å². The molecule has 1 aliphatic rings. The van der Waals surface area contributed by atoms with Crippen LogP contribution in [0.25, 0.3) is 0 Å². The molecule has 172 valence electrons. The zero-order valence-corrected chi connectivity index (χ0v) is 18.9. The van der Waals surface area contributed by atoms with Crippen LogP contribution in [0.5, 0.6) is 0 Å². The molecule has 1 saturated heterocycles. The van der Waals surface area contributed by atoms with Crippen molar-refractivity contribution in [1.82, 2.24) is 15.0 Å². The van der Waals surface area contributed by atoms with Gasteiger partial charge in [-0.05, 0) is 61.6 Å². The van der Waals surface area contributed by atoms with Gasteiger partial charge in [-0.25, -0.2) is 13.4 Å². The fourth-order valence-electron chi connectivity index (χ4n) is 3.87. The van der Waals surface area contributed by atoms with Crippen molar-refractivity contribution >= 4 is 33.0 Å². The van der Waals surface area contributed by atoms with E-state index in [1.807, 2.05) is 23.1 Å².